The van der Waals surface area contributed by atoms with Gasteiger partial charge in [-0.2, -0.15) is 0 Å². The van der Waals surface area contributed by atoms with Gasteiger partial charge in [0.2, 0.25) is 0 Å². The summed E-state index contributed by atoms with van der Waals surface area (Å²) in [7, 11) is 1.66. The molecule has 0 unspecified atom stereocenters. The van der Waals surface area contributed by atoms with Crippen molar-refractivity contribution in [2.24, 2.45) is 0 Å². The molecule has 0 spiro atoms. The van der Waals surface area contributed by atoms with Crippen LogP contribution in [-0.4, -0.2) is 40.1 Å². The molecule has 1 aliphatic heterocycles. The van der Waals surface area contributed by atoms with Gasteiger partial charge in [0, 0.05) is 30.9 Å². The molecule has 0 bridgehead atoms. The second kappa shape index (κ2) is 5.34. The Hall–Kier alpha value is -2.82. The molecule has 3 aromatic rings. The Balaban J connectivity index is 1.75. The number of aromatic nitrogens is 2. The fourth-order valence-corrected chi connectivity index (χ4v) is 3.84. The lowest BCUT2D eigenvalue weighted by Crippen LogP contribution is -2.41. The Labute approximate surface area is 145 Å². The van der Waals surface area contributed by atoms with Crippen LogP contribution in [0.3, 0.4) is 0 Å². The maximum atomic E-state index is 13.2. The van der Waals surface area contributed by atoms with Crippen LogP contribution >= 0.6 is 0 Å². The average Bonchev–Trinajstić information content (AvgIpc) is 3.44. The van der Waals surface area contributed by atoms with E-state index < -0.39 is 0 Å². The molecule has 1 aliphatic carbocycles. The van der Waals surface area contributed by atoms with Gasteiger partial charge in [0.05, 0.1) is 18.1 Å². The predicted octanol–water partition coefficient (Wildman–Crippen LogP) is 3.33. The number of methoxy groups -OCH3 is 1. The zero-order valence-electron chi connectivity index (χ0n) is 14.1. The molecule has 5 nitrogen and oxygen atoms in total. The highest BCUT2D eigenvalue weighted by Gasteiger charge is 2.39. The van der Waals surface area contributed by atoms with E-state index >= 15 is 0 Å². The molecule has 126 valence electrons. The minimum atomic E-state index is 0.137. The average molecular weight is 333 g/mol. The first kappa shape index (κ1) is 14.5. The van der Waals surface area contributed by atoms with Crippen LogP contribution in [-0.2, 0) is 6.54 Å². The fraction of sp³-hybridized carbons (Fsp3) is 0.300. The van der Waals surface area contributed by atoms with Crippen molar-refractivity contribution < 1.29 is 9.53 Å². The van der Waals surface area contributed by atoms with Crippen molar-refractivity contribution in [2.75, 3.05) is 13.7 Å². The number of rotatable bonds is 3. The molecule has 1 fully saturated rings. The molecule has 5 rings (SSSR count). The van der Waals surface area contributed by atoms with E-state index in [0.717, 1.165) is 59.5 Å². The van der Waals surface area contributed by atoms with Crippen LogP contribution in [0, 0.1) is 0 Å². The Morgan fingerprint density at radius 2 is 1.92 bits per heavy atom. The van der Waals surface area contributed by atoms with E-state index in [1.165, 1.54) is 0 Å². The number of carbonyl (C=O) groups is 1. The van der Waals surface area contributed by atoms with E-state index in [0.29, 0.717) is 6.04 Å². The van der Waals surface area contributed by atoms with E-state index in [2.05, 4.69) is 15.6 Å². The summed E-state index contributed by atoms with van der Waals surface area (Å²) in [6.45, 7) is 1.62. The summed E-state index contributed by atoms with van der Waals surface area (Å²) in [4.78, 5) is 19.9. The summed E-state index contributed by atoms with van der Waals surface area (Å²) in [5.41, 5.74) is 4.65. The number of carbonyl (C=O) groups excluding carboxylic acids is 1. The molecule has 1 aromatic carbocycles. The Morgan fingerprint density at radius 3 is 2.64 bits per heavy atom. The SMILES string of the molecule is COc1ccc(-c2c3n(c4cccnc24)CCN(C2CC2)C3=O)cc1. The van der Waals surface area contributed by atoms with Crippen molar-refractivity contribution in [2.45, 2.75) is 25.4 Å². The quantitative estimate of drug-likeness (QED) is 0.739. The van der Waals surface area contributed by atoms with Crippen LogP contribution in [0.4, 0.5) is 0 Å². The predicted molar refractivity (Wildman–Crippen MR) is 95.8 cm³/mol. The molecule has 3 heterocycles. The van der Waals surface area contributed by atoms with Gasteiger partial charge < -0.3 is 14.2 Å². The second-order valence-corrected chi connectivity index (χ2v) is 6.70. The van der Waals surface area contributed by atoms with Gasteiger partial charge in [-0.05, 0) is 42.7 Å². The monoisotopic (exact) mass is 333 g/mol. The third-order valence-corrected chi connectivity index (χ3v) is 5.22. The lowest BCUT2D eigenvalue weighted by Gasteiger charge is -2.29. The molecule has 2 aromatic heterocycles. The van der Waals surface area contributed by atoms with E-state index in [1.807, 2.05) is 35.2 Å². The lowest BCUT2D eigenvalue weighted by atomic mass is 10.0. The Morgan fingerprint density at radius 1 is 1.12 bits per heavy atom. The number of fused-ring (bicyclic) bond motifs is 3. The van der Waals surface area contributed by atoms with E-state index in [-0.39, 0.29) is 5.91 Å². The maximum absolute atomic E-state index is 13.2. The van der Waals surface area contributed by atoms with Crippen molar-refractivity contribution in [3.63, 3.8) is 0 Å². The lowest BCUT2D eigenvalue weighted by molar-refractivity contribution is 0.0694. The third-order valence-electron chi connectivity index (χ3n) is 5.22. The molecule has 2 aliphatic rings. The van der Waals surface area contributed by atoms with E-state index in [9.17, 15) is 4.79 Å². The normalized spacial score (nSPS) is 17.0. The largest absolute Gasteiger partial charge is 0.497 e. The molecule has 25 heavy (non-hydrogen) atoms. The molecule has 5 heteroatoms. The van der Waals surface area contributed by atoms with Gasteiger partial charge in [0.1, 0.15) is 11.4 Å². The molecule has 0 saturated heterocycles. The Bertz CT molecular complexity index is 971. The van der Waals surface area contributed by atoms with Crippen LogP contribution in [0.1, 0.15) is 23.3 Å². The summed E-state index contributed by atoms with van der Waals surface area (Å²) in [5.74, 6) is 0.942. The van der Waals surface area contributed by atoms with Gasteiger partial charge in [-0.1, -0.05) is 12.1 Å². The van der Waals surface area contributed by atoms with Gasteiger partial charge in [0.15, 0.2) is 0 Å². The van der Waals surface area contributed by atoms with Gasteiger partial charge in [-0.15, -0.1) is 0 Å². The zero-order valence-corrected chi connectivity index (χ0v) is 14.1. The van der Waals surface area contributed by atoms with Crippen LogP contribution in [0.5, 0.6) is 5.75 Å². The number of amides is 1. The van der Waals surface area contributed by atoms with Crippen molar-refractivity contribution >= 4 is 16.9 Å². The van der Waals surface area contributed by atoms with E-state index in [4.69, 9.17) is 4.74 Å². The van der Waals surface area contributed by atoms with Gasteiger partial charge >= 0.3 is 0 Å². The first-order chi connectivity index (χ1) is 12.3. The highest BCUT2D eigenvalue weighted by molar-refractivity contribution is 6.09. The van der Waals surface area contributed by atoms with Gasteiger partial charge in [-0.25, -0.2) is 0 Å². The molecular formula is C20H19N3O2. The van der Waals surface area contributed by atoms with Crippen LogP contribution < -0.4 is 4.74 Å². The standard InChI is InChI=1S/C20H19N3O2/c1-25-15-8-4-13(5-9-15)17-18-16(3-2-10-21-18)23-12-11-22(14-6-7-14)20(24)19(17)23/h2-5,8-10,14H,6-7,11-12H2,1H3. The first-order valence-corrected chi connectivity index (χ1v) is 8.70. The number of pyridine rings is 1. The summed E-state index contributed by atoms with van der Waals surface area (Å²) in [6, 6.07) is 12.3. The van der Waals surface area contributed by atoms with Gasteiger partial charge in [0.25, 0.3) is 5.91 Å². The summed E-state index contributed by atoms with van der Waals surface area (Å²) >= 11 is 0. The van der Waals surface area contributed by atoms with Crippen LogP contribution in [0.25, 0.3) is 22.2 Å². The van der Waals surface area contributed by atoms with Crippen LogP contribution in [0.15, 0.2) is 42.6 Å². The van der Waals surface area contributed by atoms with Gasteiger partial charge in [-0.3, -0.25) is 9.78 Å². The molecule has 1 amide bonds. The number of nitrogens with zero attached hydrogens (tertiary/aromatic N) is 3. The number of benzene rings is 1. The molecule has 0 N–H and O–H groups in total. The minimum absolute atomic E-state index is 0.137. The van der Waals surface area contributed by atoms with Crippen molar-refractivity contribution in [1.82, 2.24) is 14.5 Å². The van der Waals surface area contributed by atoms with Crippen LogP contribution in [0.2, 0.25) is 0 Å². The van der Waals surface area contributed by atoms with Crippen molar-refractivity contribution in [3.8, 4) is 16.9 Å². The smallest absolute Gasteiger partial charge is 0.271 e. The van der Waals surface area contributed by atoms with Crippen molar-refractivity contribution in [3.05, 3.63) is 48.3 Å². The molecular weight excluding hydrogens is 314 g/mol. The fourth-order valence-electron chi connectivity index (χ4n) is 3.84. The summed E-state index contributed by atoms with van der Waals surface area (Å²) < 4.78 is 7.41. The maximum Gasteiger partial charge on any atom is 0.271 e. The Kier molecular flexibility index (Phi) is 3.10. The molecule has 0 atom stereocenters. The third kappa shape index (κ3) is 2.15. The summed E-state index contributed by atoms with van der Waals surface area (Å²) in [5, 5.41) is 0. The molecule has 1 saturated carbocycles. The first-order valence-electron chi connectivity index (χ1n) is 8.70. The summed E-state index contributed by atoms with van der Waals surface area (Å²) in [6.07, 6.45) is 4.05. The minimum Gasteiger partial charge on any atom is -0.497 e. The number of hydrogen-bond donors (Lipinski definition) is 0. The number of hydrogen-bond acceptors (Lipinski definition) is 3. The number of ether oxygens (including phenoxy) is 1. The zero-order chi connectivity index (χ0) is 17.0. The highest BCUT2D eigenvalue weighted by atomic mass is 16.5. The van der Waals surface area contributed by atoms with E-state index in [1.54, 1.807) is 13.3 Å². The highest BCUT2D eigenvalue weighted by Crippen LogP contribution is 2.39. The second-order valence-electron chi connectivity index (χ2n) is 6.70. The van der Waals surface area contributed by atoms with Crippen molar-refractivity contribution in [1.29, 1.82) is 0 Å². The topological polar surface area (TPSA) is 47.4 Å². The molecule has 0 radical (unpaired) electrons.